The molecule has 0 spiro atoms. The van der Waals surface area contributed by atoms with Gasteiger partial charge in [-0.05, 0) is 120 Å². The number of halogens is 4. The van der Waals surface area contributed by atoms with Crippen molar-refractivity contribution < 1.29 is 8.78 Å². The fourth-order valence-electron chi connectivity index (χ4n) is 7.83. The van der Waals surface area contributed by atoms with Gasteiger partial charge in [-0.15, -0.1) is 0 Å². The van der Waals surface area contributed by atoms with Crippen LogP contribution in [0.3, 0.4) is 0 Å². The molecular formula is C38H39Cl2F2N3. The number of benzene rings is 3. The zero-order valence-electron chi connectivity index (χ0n) is 25.8. The van der Waals surface area contributed by atoms with Crippen LogP contribution >= 0.6 is 23.2 Å². The lowest BCUT2D eigenvalue weighted by atomic mass is 9.77. The van der Waals surface area contributed by atoms with Crippen LogP contribution < -0.4 is 10.6 Å². The molecule has 234 valence electrons. The molecule has 2 aliphatic carbocycles. The normalized spacial score (nSPS) is 26.8. The van der Waals surface area contributed by atoms with Crippen molar-refractivity contribution in [2.75, 3.05) is 10.6 Å². The summed E-state index contributed by atoms with van der Waals surface area (Å²) in [5, 5.41) is 8.58. The molecule has 7 heteroatoms. The molecule has 0 radical (unpaired) electrons. The van der Waals surface area contributed by atoms with Gasteiger partial charge in [0.25, 0.3) is 0 Å². The molecule has 1 saturated carbocycles. The zero-order valence-corrected chi connectivity index (χ0v) is 27.3. The van der Waals surface area contributed by atoms with Crippen LogP contribution in [0.25, 0.3) is 0 Å². The number of aromatic nitrogens is 1. The average molecular weight is 647 g/mol. The summed E-state index contributed by atoms with van der Waals surface area (Å²) in [7, 11) is 0. The smallest absolute Gasteiger partial charge is 0.123 e. The van der Waals surface area contributed by atoms with Gasteiger partial charge in [0, 0.05) is 34.7 Å². The van der Waals surface area contributed by atoms with Crippen molar-refractivity contribution in [2.45, 2.75) is 64.0 Å². The summed E-state index contributed by atoms with van der Waals surface area (Å²) in [4.78, 5) is 4.23. The average Bonchev–Trinajstić information content (AvgIpc) is 3.69. The molecular weight excluding hydrogens is 607 g/mol. The summed E-state index contributed by atoms with van der Waals surface area (Å²) < 4.78 is 27.2. The zero-order chi connectivity index (χ0) is 31.7. The summed E-state index contributed by atoms with van der Waals surface area (Å²) in [6.45, 7) is 6.28. The number of rotatable bonds is 2. The fourth-order valence-corrected chi connectivity index (χ4v) is 8.21. The fraction of sp³-hybridized carbons (Fsp3) is 0.342. The number of fused-ring (bicyclic) bond motifs is 6. The lowest BCUT2D eigenvalue weighted by molar-refractivity contribution is 0.399. The minimum absolute atomic E-state index is 0.151. The quantitative estimate of drug-likeness (QED) is 0.213. The standard InChI is InChI=1S/C18H18ClFN2.C18H15ClFN.C2H6/c1-10-4-14-15-7-13(20)2-3-17(15)22-18(16(14)5-10)11-6-12(19)9-21-8-11;19-12-4-1-3-11(9-12)18-15-6-2-5-14(15)16-10-13(20)7-8-17(16)21-18;1-2/h2-3,6-10,14,16,18,22H,4-5H2,1H3;1-5,7-10,14-15,18,21H,6H2;1-2H3. The van der Waals surface area contributed by atoms with Gasteiger partial charge in [0.05, 0.1) is 17.1 Å². The molecule has 8 rings (SSSR count). The third kappa shape index (κ3) is 6.48. The van der Waals surface area contributed by atoms with Crippen molar-refractivity contribution in [1.29, 1.82) is 0 Å². The first-order valence-corrected chi connectivity index (χ1v) is 16.7. The summed E-state index contributed by atoms with van der Waals surface area (Å²) >= 11 is 12.3. The van der Waals surface area contributed by atoms with Gasteiger partial charge in [-0.1, -0.05) is 68.3 Å². The van der Waals surface area contributed by atoms with Gasteiger partial charge >= 0.3 is 0 Å². The van der Waals surface area contributed by atoms with Crippen molar-refractivity contribution in [1.82, 2.24) is 4.98 Å². The third-order valence-electron chi connectivity index (χ3n) is 9.62. The van der Waals surface area contributed by atoms with E-state index in [0.29, 0.717) is 28.7 Å². The van der Waals surface area contributed by atoms with Crippen LogP contribution in [0.1, 0.15) is 86.2 Å². The molecule has 3 nitrogen and oxygen atoms in total. The van der Waals surface area contributed by atoms with E-state index in [1.165, 1.54) is 17.7 Å². The van der Waals surface area contributed by atoms with Crippen molar-refractivity contribution in [3.05, 3.63) is 135 Å². The highest BCUT2D eigenvalue weighted by Gasteiger charge is 2.43. The molecule has 45 heavy (non-hydrogen) atoms. The highest BCUT2D eigenvalue weighted by Crippen LogP contribution is 2.54. The van der Waals surface area contributed by atoms with Crippen LogP contribution in [-0.2, 0) is 0 Å². The first-order chi connectivity index (χ1) is 21.8. The molecule has 3 aromatic carbocycles. The molecule has 2 aliphatic heterocycles. The Morgan fingerprint density at radius 1 is 0.733 bits per heavy atom. The number of hydrogen-bond acceptors (Lipinski definition) is 3. The Kier molecular flexibility index (Phi) is 9.49. The first kappa shape index (κ1) is 31.6. The molecule has 4 aromatic rings. The Bertz CT molecular complexity index is 1690. The number of pyridine rings is 1. The Balaban J connectivity index is 0.000000151. The van der Waals surface area contributed by atoms with Crippen LogP contribution in [0.4, 0.5) is 20.2 Å². The van der Waals surface area contributed by atoms with Crippen LogP contribution in [0.2, 0.25) is 10.0 Å². The number of allylic oxidation sites excluding steroid dienone is 2. The first-order valence-electron chi connectivity index (χ1n) is 16.0. The predicted molar refractivity (Wildman–Crippen MR) is 182 cm³/mol. The second-order valence-electron chi connectivity index (χ2n) is 12.4. The minimum Gasteiger partial charge on any atom is -0.378 e. The van der Waals surface area contributed by atoms with Crippen molar-refractivity contribution in [3.63, 3.8) is 0 Å². The lowest BCUT2D eigenvalue weighted by Crippen LogP contribution is -2.29. The van der Waals surface area contributed by atoms with E-state index in [1.807, 2.05) is 56.4 Å². The Morgan fingerprint density at radius 3 is 2.11 bits per heavy atom. The monoisotopic (exact) mass is 645 g/mol. The minimum atomic E-state index is -0.171. The molecule has 3 heterocycles. The molecule has 4 aliphatic rings. The van der Waals surface area contributed by atoms with E-state index < -0.39 is 0 Å². The third-order valence-corrected chi connectivity index (χ3v) is 10.1. The Morgan fingerprint density at radius 2 is 1.40 bits per heavy atom. The van der Waals surface area contributed by atoms with Crippen molar-refractivity contribution in [2.24, 2.45) is 17.8 Å². The highest BCUT2D eigenvalue weighted by atomic mass is 35.5. The number of hydrogen-bond donors (Lipinski definition) is 2. The van der Waals surface area contributed by atoms with Gasteiger partial charge in [0.2, 0.25) is 0 Å². The summed E-state index contributed by atoms with van der Waals surface area (Å²) in [6.07, 6.45) is 11.2. The Labute approximate surface area is 275 Å². The second kappa shape index (κ2) is 13.5. The summed E-state index contributed by atoms with van der Waals surface area (Å²) in [6, 6.07) is 20.5. The maximum absolute atomic E-state index is 13.7. The molecule has 0 saturated heterocycles. The van der Waals surface area contributed by atoms with Crippen molar-refractivity contribution in [3.8, 4) is 0 Å². The maximum atomic E-state index is 13.7. The van der Waals surface area contributed by atoms with Gasteiger partial charge in [-0.25, -0.2) is 8.78 Å². The molecule has 1 fully saturated rings. The van der Waals surface area contributed by atoms with E-state index in [4.69, 9.17) is 23.2 Å². The molecule has 0 bridgehead atoms. The summed E-state index contributed by atoms with van der Waals surface area (Å²) in [5.41, 5.74) is 6.56. The molecule has 7 unspecified atom stereocenters. The van der Waals surface area contributed by atoms with Crippen LogP contribution in [0, 0.1) is 29.4 Å². The maximum Gasteiger partial charge on any atom is 0.123 e. The van der Waals surface area contributed by atoms with E-state index in [1.54, 1.807) is 18.3 Å². The molecule has 1 aromatic heterocycles. The predicted octanol–water partition coefficient (Wildman–Crippen LogP) is 11.5. The number of nitrogens with one attached hydrogen (secondary N) is 2. The van der Waals surface area contributed by atoms with Gasteiger partial charge in [0.15, 0.2) is 0 Å². The van der Waals surface area contributed by atoms with Gasteiger partial charge in [0.1, 0.15) is 11.6 Å². The van der Waals surface area contributed by atoms with Gasteiger partial charge in [-0.3, -0.25) is 4.98 Å². The van der Waals surface area contributed by atoms with Gasteiger partial charge in [-0.2, -0.15) is 0 Å². The van der Waals surface area contributed by atoms with Crippen LogP contribution in [0.15, 0.2) is 91.3 Å². The molecule has 7 atom stereocenters. The number of nitrogens with zero attached hydrogens (tertiary/aromatic N) is 1. The van der Waals surface area contributed by atoms with E-state index in [9.17, 15) is 8.78 Å². The molecule has 0 amide bonds. The number of anilines is 2. The van der Waals surface area contributed by atoms with E-state index in [0.717, 1.165) is 52.4 Å². The summed E-state index contributed by atoms with van der Waals surface area (Å²) in [5.74, 6) is 1.90. The molecule has 2 N–H and O–H groups in total. The van der Waals surface area contributed by atoms with Gasteiger partial charge < -0.3 is 10.6 Å². The van der Waals surface area contributed by atoms with Crippen LogP contribution in [0.5, 0.6) is 0 Å². The van der Waals surface area contributed by atoms with E-state index in [-0.39, 0.29) is 29.6 Å². The second-order valence-corrected chi connectivity index (χ2v) is 13.3. The largest absolute Gasteiger partial charge is 0.378 e. The van der Waals surface area contributed by atoms with Crippen molar-refractivity contribution >= 4 is 34.6 Å². The lowest BCUT2D eigenvalue weighted by Gasteiger charge is -2.37. The highest BCUT2D eigenvalue weighted by molar-refractivity contribution is 6.30. The van der Waals surface area contributed by atoms with E-state index >= 15 is 0 Å². The van der Waals surface area contributed by atoms with E-state index in [2.05, 4.69) is 40.8 Å². The van der Waals surface area contributed by atoms with Crippen LogP contribution in [-0.4, -0.2) is 4.98 Å². The Hall–Kier alpha value is -3.41. The topological polar surface area (TPSA) is 37.0 Å². The SMILES string of the molecule is CC.CC1CC2c3cc(F)ccc3NC(c3cncc(Cl)c3)C2C1.Fc1ccc2c(c1)C1C=CCC1C(c1cccc(Cl)c1)N2.